The molecule has 0 aliphatic heterocycles. The molecule has 36 heteroatoms. The van der Waals surface area contributed by atoms with Crippen molar-refractivity contribution in [1.82, 2.24) is 62.1 Å². The molecule has 6 aliphatic carbocycles. The maximum Gasteiger partial charge on any atom is 0.325 e. The van der Waals surface area contributed by atoms with Crippen LogP contribution in [0.1, 0.15) is 212 Å². The van der Waals surface area contributed by atoms with E-state index in [-0.39, 0.29) is 170 Å². The summed E-state index contributed by atoms with van der Waals surface area (Å²) in [7, 11) is 0. The van der Waals surface area contributed by atoms with E-state index in [2.05, 4.69) is 42.5 Å². The number of hydrogen-bond acceptors (Lipinski definition) is 24. The van der Waals surface area contributed by atoms with Crippen LogP contribution in [0, 0.1) is 47.3 Å². The Morgan fingerprint density at radius 1 is 0.241 bits per heavy atom. The monoisotopic (exact) mass is 1600 g/mol. The molecule has 36 nitrogen and oxygen atoms in total. The molecule has 0 radical (unpaired) electrons. The molecule has 6 rings (SSSR count). The normalized spacial score (nSPS) is 18.2. The van der Waals surface area contributed by atoms with E-state index in [9.17, 15) is 76.7 Å². The predicted octanol–water partition coefficient (Wildman–Crippen LogP) is 8.20. The molecule has 16 amide bonds. The van der Waals surface area contributed by atoms with Crippen LogP contribution in [0.3, 0.4) is 0 Å². The summed E-state index contributed by atoms with van der Waals surface area (Å²) < 4.78 is 37.9. The van der Waals surface area contributed by atoms with Crippen LogP contribution < -0.4 is 42.5 Å². The average molecular weight is 1600 g/mol. The minimum Gasteiger partial charge on any atom is -0.466 e. The molecule has 0 aromatic rings. The molecule has 6 saturated carbocycles. The molecule has 0 heterocycles. The number of nitrogens with zero attached hydrogens (tertiary/aromatic N) is 4. The number of rotatable bonds is 36. The standard InChI is InChI=1S/4C14H25N3O6.2C10H16/c2*1-4-17(13(20)15-9-7-11(18)22-5-2)14(21)16-10-8-12(19)23-6-3;2*1-4-15-13(20)17(10-8-12(19)23-6-3)14(21)16-9-7-11(18)22-5-2;2*1-2-9-7-4-5-8(6-7)10(9)3-1/h4*4-10H2,1-3H3,(H,15,20)(H,16,21);2*7-10H,1-6H2. The largest absolute Gasteiger partial charge is 0.466 e. The van der Waals surface area contributed by atoms with E-state index in [1.807, 2.05) is 0 Å². The van der Waals surface area contributed by atoms with Crippen molar-refractivity contribution < 1.29 is 115 Å². The summed E-state index contributed by atoms with van der Waals surface area (Å²) >= 11 is 0. The smallest absolute Gasteiger partial charge is 0.325 e. The zero-order valence-electron chi connectivity index (χ0n) is 68.5. The number of urea groups is 8. The number of hydrogen-bond donors (Lipinski definition) is 8. The summed E-state index contributed by atoms with van der Waals surface area (Å²) in [5.41, 5.74) is 0. The third-order valence-corrected chi connectivity index (χ3v) is 19.1. The molecule has 8 unspecified atom stereocenters. The molecule has 0 spiro atoms. The Labute approximate surface area is 660 Å². The van der Waals surface area contributed by atoms with Crippen molar-refractivity contribution in [2.24, 2.45) is 47.3 Å². The molecule has 6 fully saturated rings. The van der Waals surface area contributed by atoms with Crippen molar-refractivity contribution in [3.63, 3.8) is 0 Å². The lowest BCUT2D eigenvalue weighted by Crippen LogP contribution is -2.49. The van der Waals surface area contributed by atoms with E-state index in [0.29, 0.717) is 13.1 Å². The number of nitrogens with one attached hydrogen (secondary N) is 8. The zero-order valence-corrected chi connectivity index (χ0v) is 68.5. The first kappa shape index (κ1) is 101. The molecule has 4 bridgehead atoms. The first-order valence-corrected chi connectivity index (χ1v) is 40.3. The van der Waals surface area contributed by atoms with E-state index >= 15 is 0 Å². The van der Waals surface area contributed by atoms with Gasteiger partial charge in [0.1, 0.15) is 0 Å². The van der Waals surface area contributed by atoms with Gasteiger partial charge in [-0.15, -0.1) is 0 Å². The first-order chi connectivity index (χ1) is 53.7. The highest BCUT2D eigenvalue weighted by molar-refractivity contribution is 5.96. The SMILES string of the molecule is C1CC2C3CCC(C3)C2C1.C1CC2C3CCC(C3)C2C1.CCNC(=O)N(CCC(=O)OCC)C(=O)NCCC(=O)OCC.CCNC(=O)N(CCC(=O)OCC)C(=O)NCCC(=O)OCC.CCOC(=O)CCNC(=O)N(CC)C(=O)NCCC(=O)OCC.CCOC(=O)CCNC(=O)N(CC)C(=O)NCCC(=O)OCC. The minimum absolute atomic E-state index is 0.000688. The van der Waals surface area contributed by atoms with Gasteiger partial charge in [-0.2, -0.15) is 0 Å². The van der Waals surface area contributed by atoms with Crippen LogP contribution in [-0.2, 0) is 76.3 Å². The Bertz CT molecular complexity index is 2610. The topological polar surface area (TPSA) is 456 Å². The van der Waals surface area contributed by atoms with Crippen molar-refractivity contribution in [2.75, 3.05) is 131 Å². The fourth-order valence-electron chi connectivity index (χ4n) is 14.4. The summed E-state index contributed by atoms with van der Waals surface area (Å²) in [4.78, 5) is 189. The zero-order chi connectivity index (χ0) is 83.8. The fraction of sp³-hybridized carbons (Fsp3) is 0.789. The van der Waals surface area contributed by atoms with Crippen LogP contribution in [0.15, 0.2) is 0 Å². The molecular formula is C76H132N12O24. The van der Waals surface area contributed by atoms with Gasteiger partial charge in [-0.3, -0.25) is 38.4 Å². The summed E-state index contributed by atoms with van der Waals surface area (Å²) in [5.74, 6) is 6.03. The molecule has 6 aliphatic rings. The number of carbonyl (C=O) groups excluding carboxylic acids is 16. The first-order valence-electron chi connectivity index (χ1n) is 40.3. The maximum absolute atomic E-state index is 12.0. The van der Waals surface area contributed by atoms with Crippen LogP contribution in [0.2, 0.25) is 0 Å². The highest BCUT2D eigenvalue weighted by Gasteiger charge is 2.50. The number of ether oxygens (including phenoxy) is 8. The number of amides is 16. The molecule has 8 atom stereocenters. The van der Waals surface area contributed by atoms with Gasteiger partial charge in [0.05, 0.1) is 104 Å². The van der Waals surface area contributed by atoms with Crippen molar-refractivity contribution in [3.8, 4) is 0 Å². The summed E-state index contributed by atoms with van der Waals surface area (Å²) in [5, 5.41) is 19.7. The van der Waals surface area contributed by atoms with Gasteiger partial charge in [-0.25, -0.2) is 58.0 Å². The predicted molar refractivity (Wildman–Crippen MR) is 410 cm³/mol. The van der Waals surface area contributed by atoms with Gasteiger partial charge in [-0.1, -0.05) is 12.8 Å². The van der Waals surface area contributed by atoms with Gasteiger partial charge >= 0.3 is 96.0 Å². The van der Waals surface area contributed by atoms with Crippen molar-refractivity contribution in [1.29, 1.82) is 0 Å². The summed E-state index contributed by atoms with van der Waals surface area (Å²) in [6.07, 6.45) is 19.0. The molecular weight excluding hydrogens is 1460 g/mol. The number of esters is 8. The second kappa shape index (κ2) is 60.4. The molecule has 112 heavy (non-hydrogen) atoms. The van der Waals surface area contributed by atoms with E-state index in [1.54, 1.807) is 160 Å². The highest BCUT2D eigenvalue weighted by atomic mass is 16.6. The number of imide groups is 4. The lowest BCUT2D eigenvalue weighted by Gasteiger charge is -2.23. The van der Waals surface area contributed by atoms with Crippen molar-refractivity contribution in [2.45, 2.75) is 212 Å². The Balaban J connectivity index is 0.000000685. The average Bonchev–Trinajstić information content (AvgIpc) is 1.63. The second-order valence-corrected chi connectivity index (χ2v) is 26.5. The Kier molecular flexibility index (Phi) is 54.3. The molecule has 0 aromatic heterocycles. The van der Waals surface area contributed by atoms with Gasteiger partial charge in [0.15, 0.2) is 0 Å². The molecule has 0 aromatic carbocycles. The van der Waals surface area contributed by atoms with Crippen LogP contribution in [0.5, 0.6) is 0 Å². The number of fused-ring (bicyclic) bond motifs is 10. The van der Waals surface area contributed by atoms with Gasteiger partial charge < -0.3 is 80.4 Å². The van der Waals surface area contributed by atoms with E-state index in [0.717, 1.165) is 19.6 Å². The van der Waals surface area contributed by atoms with E-state index in [1.165, 1.54) is 47.3 Å². The van der Waals surface area contributed by atoms with Crippen LogP contribution in [0.4, 0.5) is 38.4 Å². The quantitative estimate of drug-likeness (QED) is 0.0216. The van der Waals surface area contributed by atoms with Gasteiger partial charge in [-0.05, 0) is 195 Å². The highest BCUT2D eigenvalue weighted by Crippen LogP contribution is 2.59. The lowest BCUT2D eigenvalue weighted by atomic mass is 9.82. The van der Waals surface area contributed by atoms with E-state index in [4.69, 9.17) is 37.9 Å². The second-order valence-electron chi connectivity index (χ2n) is 26.5. The summed E-state index contributed by atoms with van der Waals surface area (Å²) in [6.45, 7) is 23.3. The third-order valence-electron chi connectivity index (χ3n) is 19.1. The number of carbonyl (C=O) groups is 16. The molecule has 8 N–H and O–H groups in total. The Morgan fingerprint density at radius 2 is 0.420 bits per heavy atom. The van der Waals surface area contributed by atoms with Crippen LogP contribution in [-0.4, -0.2) is 247 Å². The van der Waals surface area contributed by atoms with Crippen molar-refractivity contribution >= 4 is 96.0 Å². The third kappa shape index (κ3) is 40.8. The Morgan fingerprint density at radius 3 is 0.598 bits per heavy atom. The summed E-state index contributed by atoms with van der Waals surface area (Å²) in [6, 6.07) is -5.10. The van der Waals surface area contributed by atoms with Crippen LogP contribution >= 0.6 is 0 Å². The lowest BCUT2D eigenvalue weighted by molar-refractivity contribution is -0.144. The molecule has 0 saturated heterocycles. The fourth-order valence-corrected chi connectivity index (χ4v) is 14.4. The molecule has 640 valence electrons. The van der Waals surface area contributed by atoms with Gasteiger partial charge in [0.25, 0.3) is 0 Å². The van der Waals surface area contributed by atoms with E-state index < -0.39 is 96.0 Å². The Hall–Kier alpha value is -9.28. The van der Waals surface area contributed by atoms with Crippen LogP contribution in [0.25, 0.3) is 0 Å². The van der Waals surface area contributed by atoms with Crippen molar-refractivity contribution in [3.05, 3.63) is 0 Å². The minimum atomic E-state index is -0.690. The maximum atomic E-state index is 12.0. The van der Waals surface area contributed by atoms with Gasteiger partial charge in [0.2, 0.25) is 0 Å². The van der Waals surface area contributed by atoms with Gasteiger partial charge in [0, 0.05) is 78.5 Å².